The van der Waals surface area contributed by atoms with Crippen LogP contribution in [0.1, 0.15) is 34.1 Å². The molecule has 0 radical (unpaired) electrons. The van der Waals surface area contributed by atoms with Crippen molar-refractivity contribution in [2.45, 2.75) is 24.8 Å². The second-order valence-corrected chi connectivity index (χ2v) is 8.36. The molecule has 1 unspecified atom stereocenters. The average Bonchev–Trinajstić information content (AvgIpc) is 3.48. The molecular formula is C22H19N5O3S. The molecule has 4 rings (SSSR count). The summed E-state index contributed by atoms with van der Waals surface area (Å²) in [5.41, 5.74) is 8.20. The Morgan fingerprint density at radius 3 is 2.52 bits per heavy atom. The van der Waals surface area contributed by atoms with Gasteiger partial charge in [-0.05, 0) is 48.2 Å². The molecule has 0 saturated heterocycles. The Balaban J connectivity index is 1.50. The fourth-order valence-electron chi connectivity index (χ4n) is 3.07. The maximum atomic E-state index is 12.4. The van der Waals surface area contributed by atoms with Crippen molar-refractivity contribution in [1.82, 2.24) is 15.6 Å². The molecule has 1 saturated carbocycles. The highest BCUT2D eigenvalue weighted by atomic mass is 32.1. The zero-order valence-electron chi connectivity index (χ0n) is 16.4. The molecule has 0 aliphatic heterocycles. The highest BCUT2D eigenvalue weighted by Crippen LogP contribution is 2.31. The van der Waals surface area contributed by atoms with Crippen molar-refractivity contribution in [3.05, 3.63) is 53.0 Å². The van der Waals surface area contributed by atoms with E-state index in [4.69, 9.17) is 5.73 Å². The lowest BCUT2D eigenvalue weighted by Gasteiger charge is -2.08. The minimum absolute atomic E-state index is 0.163. The summed E-state index contributed by atoms with van der Waals surface area (Å²) in [4.78, 5) is 39.9. The molecule has 0 bridgehead atoms. The smallest absolute Gasteiger partial charge is 0.248 e. The van der Waals surface area contributed by atoms with Crippen molar-refractivity contribution >= 4 is 39.3 Å². The molecule has 0 spiro atoms. The van der Waals surface area contributed by atoms with Crippen molar-refractivity contribution < 1.29 is 14.4 Å². The standard InChI is InChI=1S/C22H19N5O3S/c23-10-16(21(30)25-11-19(28)26-15-6-7-15)22-27-17-8-5-14(9-18(17)31-22)12-1-3-13(4-2-12)20(24)29/h1-5,8-9,15-16H,6-7,11H2,(H2,24,29)(H,25,30)(H,26,28). The fourth-order valence-corrected chi connectivity index (χ4v) is 4.13. The van der Waals surface area contributed by atoms with Crippen LogP contribution in [0, 0.1) is 11.3 Å². The first-order valence-corrected chi connectivity index (χ1v) is 10.5. The summed E-state index contributed by atoms with van der Waals surface area (Å²) in [5.74, 6) is -2.39. The number of primary amides is 1. The number of nitrogens with zero attached hydrogens (tertiary/aromatic N) is 2. The van der Waals surface area contributed by atoms with Crippen molar-refractivity contribution in [3.63, 3.8) is 0 Å². The number of nitrogens with one attached hydrogen (secondary N) is 2. The number of rotatable bonds is 7. The number of nitrogens with two attached hydrogens (primary N) is 1. The van der Waals surface area contributed by atoms with E-state index >= 15 is 0 Å². The Bertz CT molecular complexity index is 1210. The molecule has 156 valence electrons. The fraction of sp³-hybridized carbons (Fsp3) is 0.227. The molecule has 9 heteroatoms. The number of amides is 3. The Morgan fingerprint density at radius 1 is 1.16 bits per heavy atom. The van der Waals surface area contributed by atoms with Crippen molar-refractivity contribution in [2.75, 3.05) is 6.54 Å². The summed E-state index contributed by atoms with van der Waals surface area (Å²) < 4.78 is 0.825. The number of fused-ring (bicyclic) bond motifs is 1. The number of benzene rings is 2. The van der Waals surface area contributed by atoms with E-state index in [2.05, 4.69) is 15.6 Å². The third kappa shape index (κ3) is 4.70. The highest BCUT2D eigenvalue weighted by molar-refractivity contribution is 7.18. The van der Waals surface area contributed by atoms with Crippen LogP contribution in [0.15, 0.2) is 42.5 Å². The van der Waals surface area contributed by atoms with Gasteiger partial charge in [-0.25, -0.2) is 4.98 Å². The molecule has 1 heterocycles. The molecular weight excluding hydrogens is 414 g/mol. The van der Waals surface area contributed by atoms with Crippen LogP contribution in [-0.4, -0.2) is 35.3 Å². The number of thiazole rings is 1. The van der Waals surface area contributed by atoms with Crippen LogP contribution in [0.2, 0.25) is 0 Å². The maximum Gasteiger partial charge on any atom is 0.248 e. The minimum atomic E-state index is -1.09. The van der Waals surface area contributed by atoms with E-state index in [0.29, 0.717) is 16.1 Å². The Morgan fingerprint density at radius 2 is 1.87 bits per heavy atom. The molecule has 8 nitrogen and oxygen atoms in total. The SMILES string of the molecule is N#CC(C(=O)NCC(=O)NC1CC1)c1nc2ccc(-c3ccc(C(N)=O)cc3)cc2s1. The normalized spacial score (nSPS) is 13.9. The second kappa shape index (κ2) is 8.53. The Kier molecular flexibility index (Phi) is 5.64. The highest BCUT2D eigenvalue weighted by Gasteiger charge is 2.26. The first-order chi connectivity index (χ1) is 14.9. The lowest BCUT2D eigenvalue weighted by atomic mass is 10.0. The number of hydrogen-bond acceptors (Lipinski definition) is 6. The van der Waals surface area contributed by atoms with Crippen LogP contribution in [0.4, 0.5) is 0 Å². The second-order valence-electron chi connectivity index (χ2n) is 7.30. The first kappa shape index (κ1) is 20.5. The molecule has 1 atom stereocenters. The molecule has 31 heavy (non-hydrogen) atoms. The molecule has 1 aliphatic rings. The van der Waals surface area contributed by atoms with Gasteiger partial charge in [0.2, 0.25) is 17.7 Å². The summed E-state index contributed by atoms with van der Waals surface area (Å²) >= 11 is 1.26. The van der Waals surface area contributed by atoms with E-state index in [0.717, 1.165) is 28.7 Å². The van der Waals surface area contributed by atoms with E-state index < -0.39 is 17.7 Å². The van der Waals surface area contributed by atoms with Gasteiger partial charge in [-0.15, -0.1) is 11.3 Å². The summed E-state index contributed by atoms with van der Waals surface area (Å²) in [6.07, 6.45) is 1.92. The zero-order chi connectivity index (χ0) is 22.0. The van der Waals surface area contributed by atoms with E-state index in [1.54, 1.807) is 24.3 Å². The first-order valence-electron chi connectivity index (χ1n) is 9.72. The number of carbonyl (C=O) groups is 3. The average molecular weight is 433 g/mol. The molecule has 1 fully saturated rings. The molecule has 4 N–H and O–H groups in total. The van der Waals surface area contributed by atoms with Gasteiger partial charge in [-0.1, -0.05) is 18.2 Å². The van der Waals surface area contributed by atoms with Crippen LogP contribution in [0.25, 0.3) is 21.3 Å². The van der Waals surface area contributed by atoms with Crippen molar-refractivity contribution in [1.29, 1.82) is 5.26 Å². The monoisotopic (exact) mass is 433 g/mol. The van der Waals surface area contributed by atoms with Gasteiger partial charge >= 0.3 is 0 Å². The van der Waals surface area contributed by atoms with Gasteiger partial charge in [0.25, 0.3) is 0 Å². The lowest BCUT2D eigenvalue weighted by molar-refractivity contribution is -0.126. The number of nitriles is 1. The summed E-state index contributed by atoms with van der Waals surface area (Å²) in [7, 11) is 0. The molecule has 2 aromatic carbocycles. The van der Waals surface area contributed by atoms with Gasteiger partial charge < -0.3 is 16.4 Å². The largest absolute Gasteiger partial charge is 0.366 e. The Hall–Kier alpha value is -3.77. The van der Waals surface area contributed by atoms with Gasteiger partial charge in [-0.2, -0.15) is 5.26 Å². The van der Waals surface area contributed by atoms with E-state index in [1.165, 1.54) is 11.3 Å². The van der Waals surface area contributed by atoms with E-state index in [9.17, 15) is 19.6 Å². The summed E-state index contributed by atoms with van der Waals surface area (Å²) in [6.45, 7) is -0.163. The predicted octanol–water partition coefficient (Wildman–Crippen LogP) is 2.06. The van der Waals surface area contributed by atoms with Gasteiger partial charge in [0.1, 0.15) is 5.01 Å². The number of carbonyl (C=O) groups excluding carboxylic acids is 3. The quantitative estimate of drug-likeness (QED) is 0.524. The van der Waals surface area contributed by atoms with E-state index in [-0.39, 0.29) is 18.5 Å². The van der Waals surface area contributed by atoms with Crippen LogP contribution < -0.4 is 16.4 Å². The van der Waals surface area contributed by atoms with E-state index in [1.807, 2.05) is 24.3 Å². The molecule has 3 amide bonds. The van der Waals surface area contributed by atoms with Crippen LogP contribution in [0.5, 0.6) is 0 Å². The summed E-state index contributed by atoms with van der Waals surface area (Å²) in [5, 5.41) is 15.2. The maximum absolute atomic E-state index is 12.4. The van der Waals surface area contributed by atoms with Crippen LogP contribution in [0.3, 0.4) is 0 Å². The third-order valence-electron chi connectivity index (χ3n) is 4.91. The lowest BCUT2D eigenvalue weighted by Crippen LogP contribution is -2.39. The van der Waals surface area contributed by atoms with Crippen LogP contribution in [-0.2, 0) is 9.59 Å². The number of hydrogen-bond donors (Lipinski definition) is 3. The van der Waals surface area contributed by atoms with Gasteiger partial charge in [0.05, 0.1) is 22.8 Å². The minimum Gasteiger partial charge on any atom is -0.366 e. The zero-order valence-corrected chi connectivity index (χ0v) is 17.2. The number of aromatic nitrogens is 1. The Labute approximate surface area is 182 Å². The van der Waals surface area contributed by atoms with Gasteiger partial charge in [-0.3, -0.25) is 14.4 Å². The van der Waals surface area contributed by atoms with Crippen molar-refractivity contribution in [2.24, 2.45) is 5.73 Å². The molecule has 1 aromatic heterocycles. The summed E-state index contributed by atoms with van der Waals surface area (Å²) in [6, 6.07) is 14.8. The van der Waals surface area contributed by atoms with Gasteiger partial charge in [0.15, 0.2) is 5.92 Å². The molecule has 1 aliphatic carbocycles. The molecule has 3 aromatic rings. The third-order valence-corrected chi connectivity index (χ3v) is 5.99. The van der Waals surface area contributed by atoms with Gasteiger partial charge in [0, 0.05) is 11.6 Å². The topological polar surface area (TPSA) is 138 Å². The van der Waals surface area contributed by atoms with Crippen LogP contribution >= 0.6 is 11.3 Å². The van der Waals surface area contributed by atoms with Crippen molar-refractivity contribution in [3.8, 4) is 17.2 Å². The predicted molar refractivity (Wildman–Crippen MR) is 116 cm³/mol.